The van der Waals surface area contributed by atoms with Crippen molar-refractivity contribution in [3.05, 3.63) is 58.8 Å². The van der Waals surface area contributed by atoms with Gasteiger partial charge in [-0.05, 0) is 36.4 Å². The van der Waals surface area contributed by atoms with Crippen molar-refractivity contribution < 1.29 is 23.1 Å². The summed E-state index contributed by atoms with van der Waals surface area (Å²) in [6.07, 6.45) is 3.40. The first-order valence-corrected chi connectivity index (χ1v) is 7.45. The maximum atomic E-state index is 13.0. The highest BCUT2D eigenvalue weighted by Crippen LogP contribution is 2.19. The van der Waals surface area contributed by atoms with Gasteiger partial charge in [0.2, 0.25) is 5.91 Å². The molecule has 0 fully saturated rings. The molecular formula is C17H15ClFNO4. The van der Waals surface area contributed by atoms with Crippen molar-refractivity contribution in [3.8, 4) is 0 Å². The molecule has 1 aromatic carbocycles. The van der Waals surface area contributed by atoms with Gasteiger partial charge in [0, 0.05) is 18.2 Å². The number of aryl methyl sites for hydroxylation is 1. The molecule has 7 heteroatoms. The van der Waals surface area contributed by atoms with Crippen LogP contribution in [-0.4, -0.2) is 19.0 Å². The van der Waals surface area contributed by atoms with Crippen LogP contribution in [-0.2, 0) is 20.7 Å². The Labute approximate surface area is 143 Å². The molecule has 126 valence electrons. The van der Waals surface area contributed by atoms with Gasteiger partial charge in [0.25, 0.3) is 0 Å². The molecular weight excluding hydrogens is 337 g/mol. The van der Waals surface area contributed by atoms with Gasteiger partial charge in [-0.2, -0.15) is 0 Å². The number of hydrogen-bond acceptors (Lipinski definition) is 4. The Morgan fingerprint density at radius 2 is 2.12 bits per heavy atom. The lowest BCUT2D eigenvalue weighted by atomic mass is 10.2. The van der Waals surface area contributed by atoms with Crippen LogP contribution in [0.3, 0.4) is 0 Å². The second-order valence-corrected chi connectivity index (χ2v) is 5.24. The van der Waals surface area contributed by atoms with E-state index in [4.69, 9.17) is 16.0 Å². The number of nitrogens with one attached hydrogen (secondary N) is 1. The molecule has 2 aromatic rings. The summed E-state index contributed by atoms with van der Waals surface area (Å²) in [5, 5.41) is 2.48. The Balaban J connectivity index is 1.90. The fourth-order valence-corrected chi connectivity index (χ4v) is 2.04. The van der Waals surface area contributed by atoms with Crippen LogP contribution >= 0.6 is 11.6 Å². The molecule has 1 aromatic heterocycles. The van der Waals surface area contributed by atoms with Crippen molar-refractivity contribution in [1.29, 1.82) is 0 Å². The molecule has 0 atom stereocenters. The molecule has 0 unspecified atom stereocenters. The number of ether oxygens (including phenoxy) is 1. The zero-order valence-corrected chi connectivity index (χ0v) is 13.6. The fourth-order valence-electron chi connectivity index (χ4n) is 1.86. The van der Waals surface area contributed by atoms with Gasteiger partial charge < -0.3 is 14.5 Å². The van der Waals surface area contributed by atoms with E-state index < -0.39 is 11.7 Å². The van der Waals surface area contributed by atoms with Crippen LogP contribution in [0.5, 0.6) is 0 Å². The van der Waals surface area contributed by atoms with Crippen LogP contribution in [0.25, 0.3) is 6.08 Å². The molecule has 0 radical (unpaired) electrons. The Bertz CT molecular complexity index is 770. The second kappa shape index (κ2) is 8.31. The summed E-state index contributed by atoms with van der Waals surface area (Å²) >= 11 is 5.64. The van der Waals surface area contributed by atoms with E-state index in [-0.39, 0.29) is 17.4 Å². The van der Waals surface area contributed by atoms with Crippen LogP contribution in [0.1, 0.15) is 17.9 Å². The maximum Gasteiger partial charge on any atom is 0.305 e. The summed E-state index contributed by atoms with van der Waals surface area (Å²) in [5.74, 6) is -0.195. The van der Waals surface area contributed by atoms with Crippen molar-refractivity contribution in [2.45, 2.75) is 12.8 Å². The molecule has 24 heavy (non-hydrogen) atoms. The molecule has 0 spiro atoms. The van der Waals surface area contributed by atoms with Crippen LogP contribution in [0.2, 0.25) is 5.02 Å². The number of methoxy groups -OCH3 is 1. The highest BCUT2D eigenvalue weighted by Gasteiger charge is 2.06. The summed E-state index contributed by atoms with van der Waals surface area (Å²) in [6, 6.07) is 7.30. The Hall–Kier alpha value is -2.60. The zero-order valence-electron chi connectivity index (χ0n) is 12.8. The molecule has 0 saturated heterocycles. The zero-order chi connectivity index (χ0) is 17.5. The van der Waals surface area contributed by atoms with E-state index in [2.05, 4.69) is 10.1 Å². The van der Waals surface area contributed by atoms with E-state index in [0.717, 1.165) is 0 Å². The van der Waals surface area contributed by atoms with Crippen LogP contribution < -0.4 is 5.32 Å². The number of esters is 1. The van der Waals surface area contributed by atoms with Crippen LogP contribution in [0.4, 0.5) is 10.1 Å². The van der Waals surface area contributed by atoms with Gasteiger partial charge in [-0.1, -0.05) is 11.6 Å². The number of furan rings is 1. The van der Waals surface area contributed by atoms with E-state index in [9.17, 15) is 14.0 Å². The third-order valence-electron chi connectivity index (χ3n) is 3.07. The second-order valence-electron chi connectivity index (χ2n) is 4.83. The quantitative estimate of drug-likeness (QED) is 0.634. The molecule has 0 bridgehead atoms. The predicted octanol–water partition coefficient (Wildman–Crippen LogP) is 3.83. The van der Waals surface area contributed by atoms with Gasteiger partial charge >= 0.3 is 5.97 Å². The predicted molar refractivity (Wildman–Crippen MR) is 88.1 cm³/mol. The van der Waals surface area contributed by atoms with E-state index in [0.29, 0.717) is 23.6 Å². The van der Waals surface area contributed by atoms with E-state index in [1.807, 2.05) is 0 Å². The molecule has 2 rings (SSSR count). The van der Waals surface area contributed by atoms with Crippen molar-refractivity contribution in [2.24, 2.45) is 0 Å². The van der Waals surface area contributed by atoms with Crippen molar-refractivity contribution >= 4 is 35.2 Å². The minimum absolute atomic E-state index is 0.0712. The molecule has 1 heterocycles. The smallest absolute Gasteiger partial charge is 0.305 e. The molecule has 0 saturated carbocycles. The lowest BCUT2D eigenvalue weighted by molar-refractivity contribution is -0.140. The van der Waals surface area contributed by atoms with Gasteiger partial charge in [-0.3, -0.25) is 9.59 Å². The molecule has 5 nitrogen and oxygen atoms in total. The first-order valence-electron chi connectivity index (χ1n) is 7.07. The van der Waals surface area contributed by atoms with Gasteiger partial charge in [0.15, 0.2) is 0 Å². The standard InChI is InChI=1S/C17H15ClFNO4/c1-23-17(22)9-6-13-4-3-12(24-13)5-8-16(21)20-11-2-7-15(19)14(18)10-11/h2-5,7-8,10H,6,9H2,1H3,(H,20,21)/b8-5+. The highest BCUT2D eigenvalue weighted by atomic mass is 35.5. The summed E-state index contributed by atoms with van der Waals surface area (Å²) in [7, 11) is 1.32. The first-order chi connectivity index (χ1) is 11.5. The lowest BCUT2D eigenvalue weighted by Gasteiger charge is -2.02. The minimum atomic E-state index is -0.555. The van der Waals surface area contributed by atoms with E-state index >= 15 is 0 Å². The van der Waals surface area contributed by atoms with Gasteiger partial charge in [0.05, 0.1) is 18.6 Å². The summed E-state index contributed by atoms with van der Waals surface area (Å²) in [6.45, 7) is 0. The maximum absolute atomic E-state index is 13.0. The third-order valence-corrected chi connectivity index (χ3v) is 3.36. The minimum Gasteiger partial charge on any atom is -0.469 e. The Morgan fingerprint density at radius 3 is 2.83 bits per heavy atom. The monoisotopic (exact) mass is 351 g/mol. The molecule has 0 aliphatic rings. The SMILES string of the molecule is COC(=O)CCc1ccc(/C=C/C(=O)Nc2ccc(F)c(Cl)c2)o1. The number of amides is 1. The number of carbonyl (C=O) groups is 2. The number of hydrogen-bond donors (Lipinski definition) is 1. The van der Waals surface area contributed by atoms with Gasteiger partial charge in [0.1, 0.15) is 17.3 Å². The molecule has 1 amide bonds. The van der Waals surface area contributed by atoms with Crippen molar-refractivity contribution in [3.63, 3.8) is 0 Å². The average molecular weight is 352 g/mol. The summed E-state index contributed by atoms with van der Waals surface area (Å²) in [4.78, 5) is 22.9. The topological polar surface area (TPSA) is 68.5 Å². The number of rotatable bonds is 6. The number of carbonyl (C=O) groups excluding carboxylic acids is 2. The Morgan fingerprint density at radius 1 is 1.33 bits per heavy atom. The lowest BCUT2D eigenvalue weighted by Crippen LogP contribution is -2.07. The van der Waals surface area contributed by atoms with Crippen LogP contribution in [0, 0.1) is 5.82 Å². The fraction of sp³-hybridized carbons (Fsp3) is 0.176. The van der Waals surface area contributed by atoms with Gasteiger partial charge in [-0.15, -0.1) is 0 Å². The van der Waals surface area contributed by atoms with Crippen molar-refractivity contribution in [1.82, 2.24) is 0 Å². The third kappa shape index (κ3) is 5.24. The number of halogens is 2. The largest absolute Gasteiger partial charge is 0.469 e. The summed E-state index contributed by atoms with van der Waals surface area (Å²) < 4.78 is 23.1. The van der Waals surface area contributed by atoms with E-state index in [1.54, 1.807) is 12.1 Å². The number of benzene rings is 1. The van der Waals surface area contributed by atoms with E-state index in [1.165, 1.54) is 37.5 Å². The Kier molecular flexibility index (Phi) is 6.14. The van der Waals surface area contributed by atoms with Crippen molar-refractivity contribution in [2.75, 3.05) is 12.4 Å². The number of anilines is 1. The normalized spacial score (nSPS) is 10.8. The summed E-state index contributed by atoms with van der Waals surface area (Å²) in [5.41, 5.74) is 0.384. The molecule has 1 N–H and O–H groups in total. The van der Waals surface area contributed by atoms with Gasteiger partial charge in [-0.25, -0.2) is 4.39 Å². The van der Waals surface area contributed by atoms with Crippen LogP contribution in [0.15, 0.2) is 40.8 Å². The average Bonchev–Trinajstić information content (AvgIpc) is 3.02. The molecule has 0 aliphatic heterocycles. The highest BCUT2D eigenvalue weighted by molar-refractivity contribution is 6.31. The first kappa shape index (κ1) is 17.7. The molecule has 0 aliphatic carbocycles.